The summed E-state index contributed by atoms with van der Waals surface area (Å²) in [5.74, 6) is 0. The molecule has 1 aliphatic carbocycles. The largest absolute Gasteiger partial charge is 0.312 e. The molecular weight excluding hydrogens is 244 g/mol. The van der Waals surface area contributed by atoms with Crippen LogP contribution in [0.2, 0.25) is 5.02 Å². The van der Waals surface area contributed by atoms with Gasteiger partial charge < -0.3 is 5.32 Å². The van der Waals surface area contributed by atoms with Crippen molar-refractivity contribution in [1.29, 1.82) is 5.26 Å². The number of hydrogen-bond donors (Lipinski definition) is 1. The summed E-state index contributed by atoms with van der Waals surface area (Å²) in [5.41, 5.74) is 3.24. The minimum absolute atomic E-state index is 0.611. The summed E-state index contributed by atoms with van der Waals surface area (Å²) >= 11 is 6.11. The molecule has 0 unspecified atom stereocenters. The van der Waals surface area contributed by atoms with Crippen molar-refractivity contribution >= 4 is 11.6 Å². The van der Waals surface area contributed by atoms with Crippen LogP contribution in [0.5, 0.6) is 0 Å². The smallest absolute Gasteiger partial charge is 0.0992 e. The van der Waals surface area contributed by atoms with Gasteiger partial charge in [-0.25, -0.2) is 0 Å². The van der Waals surface area contributed by atoms with Gasteiger partial charge in [-0.1, -0.05) is 29.3 Å². The first-order chi connectivity index (χ1) is 8.79. The quantitative estimate of drug-likeness (QED) is 0.646. The molecule has 0 saturated heterocycles. The summed E-state index contributed by atoms with van der Waals surface area (Å²) in [4.78, 5) is 0. The molecule has 0 aliphatic heterocycles. The average Bonchev–Trinajstić information content (AvgIpc) is 2.89. The first kappa shape index (κ1) is 13.1. The molecule has 0 radical (unpaired) electrons. The third-order valence-corrected chi connectivity index (χ3v) is 3.61. The number of nitriles is 1. The van der Waals surface area contributed by atoms with Crippen LogP contribution in [0.3, 0.4) is 0 Å². The van der Waals surface area contributed by atoms with E-state index in [1.807, 2.05) is 12.1 Å². The van der Waals surface area contributed by atoms with E-state index in [1.165, 1.54) is 19.3 Å². The van der Waals surface area contributed by atoms with Crippen LogP contribution < -0.4 is 5.32 Å². The van der Waals surface area contributed by atoms with E-state index in [2.05, 4.69) is 17.5 Å². The van der Waals surface area contributed by atoms with Gasteiger partial charge in [-0.05, 0) is 49.9 Å². The van der Waals surface area contributed by atoms with Gasteiger partial charge in [-0.3, -0.25) is 0 Å². The lowest BCUT2D eigenvalue weighted by molar-refractivity contribution is 0.676. The van der Waals surface area contributed by atoms with Crippen LogP contribution in [0.4, 0.5) is 0 Å². The van der Waals surface area contributed by atoms with Gasteiger partial charge in [0.05, 0.1) is 11.6 Å². The zero-order chi connectivity index (χ0) is 12.8. The van der Waals surface area contributed by atoms with Crippen LogP contribution in [0.1, 0.15) is 36.8 Å². The van der Waals surface area contributed by atoms with Crippen LogP contribution in [-0.2, 0) is 6.54 Å². The molecule has 0 fully saturated rings. The minimum atomic E-state index is 0.611. The lowest BCUT2D eigenvalue weighted by Crippen LogP contribution is -2.15. The van der Waals surface area contributed by atoms with E-state index in [4.69, 9.17) is 16.9 Å². The van der Waals surface area contributed by atoms with E-state index in [1.54, 1.807) is 11.6 Å². The van der Waals surface area contributed by atoms with Crippen molar-refractivity contribution in [3.8, 4) is 6.07 Å². The molecule has 0 bridgehead atoms. The number of halogens is 1. The summed E-state index contributed by atoms with van der Waals surface area (Å²) < 4.78 is 0. The fourth-order valence-corrected chi connectivity index (χ4v) is 2.44. The maximum absolute atomic E-state index is 8.76. The predicted molar refractivity (Wildman–Crippen MR) is 74.4 cm³/mol. The Balaban J connectivity index is 1.78. The average molecular weight is 261 g/mol. The Labute approximate surface area is 113 Å². The van der Waals surface area contributed by atoms with Crippen molar-refractivity contribution in [2.45, 2.75) is 32.2 Å². The Morgan fingerprint density at radius 1 is 1.39 bits per heavy atom. The predicted octanol–water partition coefficient (Wildman–Crippen LogP) is 3.80. The molecular formula is C15H17ClN2. The Kier molecular flexibility index (Phi) is 4.81. The topological polar surface area (TPSA) is 35.8 Å². The van der Waals surface area contributed by atoms with Gasteiger partial charge in [0.1, 0.15) is 0 Å². The zero-order valence-electron chi connectivity index (χ0n) is 10.4. The lowest BCUT2D eigenvalue weighted by atomic mass is 10.1. The third kappa shape index (κ3) is 3.60. The van der Waals surface area contributed by atoms with E-state index in [0.29, 0.717) is 10.6 Å². The summed E-state index contributed by atoms with van der Waals surface area (Å²) in [6, 6.07) is 7.53. The van der Waals surface area contributed by atoms with Crippen molar-refractivity contribution in [2.24, 2.45) is 0 Å². The molecule has 0 atom stereocenters. The highest BCUT2D eigenvalue weighted by molar-refractivity contribution is 6.31. The van der Waals surface area contributed by atoms with Crippen LogP contribution >= 0.6 is 11.6 Å². The second-order valence-corrected chi connectivity index (χ2v) is 5.01. The molecule has 0 saturated carbocycles. The Morgan fingerprint density at radius 3 is 2.94 bits per heavy atom. The highest BCUT2D eigenvalue weighted by Gasteiger charge is 2.04. The Morgan fingerprint density at radius 2 is 2.28 bits per heavy atom. The highest BCUT2D eigenvalue weighted by atomic mass is 35.5. The van der Waals surface area contributed by atoms with Crippen molar-refractivity contribution in [1.82, 2.24) is 5.32 Å². The first-order valence-electron chi connectivity index (χ1n) is 6.37. The fourth-order valence-electron chi connectivity index (χ4n) is 2.20. The molecule has 0 amide bonds. The van der Waals surface area contributed by atoms with E-state index >= 15 is 0 Å². The number of benzene rings is 1. The summed E-state index contributed by atoms with van der Waals surface area (Å²) in [7, 11) is 0. The summed E-state index contributed by atoms with van der Waals surface area (Å²) in [6.45, 7) is 1.75. The maximum atomic E-state index is 8.76. The molecule has 2 rings (SSSR count). The molecule has 94 valence electrons. The molecule has 2 nitrogen and oxygen atoms in total. The van der Waals surface area contributed by atoms with Crippen LogP contribution in [0, 0.1) is 11.3 Å². The normalized spacial score (nSPS) is 14.3. The zero-order valence-corrected chi connectivity index (χ0v) is 11.1. The van der Waals surface area contributed by atoms with Crippen molar-refractivity contribution in [3.05, 3.63) is 46.0 Å². The molecule has 0 spiro atoms. The first-order valence-corrected chi connectivity index (χ1v) is 6.74. The summed E-state index contributed by atoms with van der Waals surface area (Å²) in [5, 5.41) is 12.8. The fraction of sp³-hybridized carbons (Fsp3) is 0.400. The Bertz CT molecular complexity index is 486. The maximum Gasteiger partial charge on any atom is 0.0992 e. The second kappa shape index (κ2) is 6.58. The van der Waals surface area contributed by atoms with Gasteiger partial charge in [0.2, 0.25) is 0 Å². The van der Waals surface area contributed by atoms with Crippen LogP contribution in [0.15, 0.2) is 29.8 Å². The van der Waals surface area contributed by atoms with Gasteiger partial charge in [-0.15, -0.1) is 0 Å². The van der Waals surface area contributed by atoms with Gasteiger partial charge in [0.15, 0.2) is 0 Å². The molecule has 1 aromatic carbocycles. The van der Waals surface area contributed by atoms with Crippen molar-refractivity contribution in [3.63, 3.8) is 0 Å². The van der Waals surface area contributed by atoms with Crippen molar-refractivity contribution in [2.75, 3.05) is 6.54 Å². The minimum Gasteiger partial charge on any atom is -0.312 e. The van der Waals surface area contributed by atoms with Gasteiger partial charge in [0, 0.05) is 11.6 Å². The van der Waals surface area contributed by atoms with E-state index < -0.39 is 0 Å². The molecule has 1 aromatic rings. The van der Waals surface area contributed by atoms with Gasteiger partial charge in [0.25, 0.3) is 0 Å². The molecule has 0 aromatic heterocycles. The van der Waals surface area contributed by atoms with Gasteiger partial charge in [-0.2, -0.15) is 5.26 Å². The molecule has 1 N–H and O–H groups in total. The molecule has 1 aliphatic rings. The monoisotopic (exact) mass is 260 g/mol. The van der Waals surface area contributed by atoms with Crippen LogP contribution in [0.25, 0.3) is 0 Å². The number of nitrogens with zero attached hydrogens (tertiary/aromatic N) is 1. The Hall–Kier alpha value is -1.30. The SMILES string of the molecule is N#Cc1ccc(CNCCC2=CCCC2)c(Cl)c1. The van der Waals surface area contributed by atoms with Crippen molar-refractivity contribution < 1.29 is 0 Å². The third-order valence-electron chi connectivity index (χ3n) is 3.26. The highest BCUT2D eigenvalue weighted by Crippen LogP contribution is 2.20. The van der Waals surface area contributed by atoms with Gasteiger partial charge >= 0.3 is 0 Å². The summed E-state index contributed by atoms with van der Waals surface area (Å²) in [6.07, 6.45) is 7.32. The van der Waals surface area contributed by atoms with E-state index in [9.17, 15) is 0 Å². The van der Waals surface area contributed by atoms with E-state index in [-0.39, 0.29) is 0 Å². The second-order valence-electron chi connectivity index (χ2n) is 4.60. The molecule has 0 heterocycles. The van der Waals surface area contributed by atoms with E-state index in [0.717, 1.165) is 25.1 Å². The van der Waals surface area contributed by atoms with Crippen LogP contribution in [-0.4, -0.2) is 6.54 Å². The number of nitrogens with one attached hydrogen (secondary N) is 1. The number of allylic oxidation sites excluding steroid dienone is 1. The standard InChI is InChI=1S/C15H17ClN2/c16-15-9-13(10-17)5-6-14(15)11-18-8-7-12-3-1-2-4-12/h3,5-6,9,18H,1-2,4,7-8,11H2. The molecule has 3 heteroatoms. The lowest BCUT2D eigenvalue weighted by Gasteiger charge is -2.07. The molecule has 18 heavy (non-hydrogen) atoms. The number of rotatable bonds is 5. The number of hydrogen-bond acceptors (Lipinski definition) is 2.